The van der Waals surface area contributed by atoms with Gasteiger partial charge in [0.2, 0.25) is 0 Å². The van der Waals surface area contributed by atoms with E-state index in [1.54, 1.807) is 36.4 Å². The predicted molar refractivity (Wildman–Crippen MR) is 125 cm³/mol. The highest BCUT2D eigenvalue weighted by Crippen LogP contribution is 2.53. The molecule has 9 heteroatoms. The first-order valence-electron chi connectivity index (χ1n) is 10.6. The maximum Gasteiger partial charge on any atom is 0.430 e. The summed E-state index contributed by atoms with van der Waals surface area (Å²) in [6.45, 7) is 6.78. The first-order valence-corrected chi connectivity index (χ1v) is 11.7. The lowest BCUT2D eigenvalue weighted by atomic mass is 9.91. The molecule has 0 heterocycles. The van der Waals surface area contributed by atoms with Crippen LogP contribution in [0.25, 0.3) is 4.91 Å². The second-order valence-electron chi connectivity index (χ2n) is 7.03. The molecule has 0 aromatic heterocycles. The Kier molecular flexibility index (Phi) is 9.45. The SMILES string of the molecule is C=C(c1ccc(C(OCc2ccccc2)(C(F)(F)F)C(F)(F)F)cc1)S(=O)c1ccccc1.CC. The maximum absolute atomic E-state index is 14.0. The molecule has 0 N–H and O–H groups in total. The Morgan fingerprint density at radius 3 is 1.69 bits per heavy atom. The summed E-state index contributed by atoms with van der Waals surface area (Å²) >= 11 is 0. The summed E-state index contributed by atoms with van der Waals surface area (Å²) in [6.07, 6.45) is -11.6. The van der Waals surface area contributed by atoms with E-state index in [4.69, 9.17) is 0 Å². The van der Waals surface area contributed by atoms with Gasteiger partial charge < -0.3 is 4.74 Å². The maximum atomic E-state index is 14.0. The first-order chi connectivity index (χ1) is 16.5. The lowest BCUT2D eigenvalue weighted by Gasteiger charge is -2.37. The number of hydrogen-bond donors (Lipinski definition) is 0. The summed E-state index contributed by atoms with van der Waals surface area (Å²) in [6, 6.07) is 18.8. The molecule has 0 spiro atoms. The molecule has 2 nitrogen and oxygen atoms in total. The Labute approximate surface area is 202 Å². The highest BCUT2D eigenvalue weighted by atomic mass is 32.2. The van der Waals surface area contributed by atoms with E-state index < -0.39 is 40.9 Å². The van der Waals surface area contributed by atoms with Crippen LogP contribution in [-0.2, 0) is 27.7 Å². The number of hydrogen-bond acceptors (Lipinski definition) is 2. The van der Waals surface area contributed by atoms with Crippen LogP contribution in [0, 0.1) is 0 Å². The normalized spacial score (nSPS) is 12.9. The van der Waals surface area contributed by atoms with E-state index in [9.17, 15) is 30.6 Å². The highest BCUT2D eigenvalue weighted by molar-refractivity contribution is 7.94. The lowest BCUT2D eigenvalue weighted by molar-refractivity contribution is -0.392. The number of ether oxygens (including phenoxy) is 1. The van der Waals surface area contributed by atoms with Gasteiger partial charge in [-0.3, -0.25) is 0 Å². The van der Waals surface area contributed by atoms with Gasteiger partial charge in [-0.1, -0.05) is 93.2 Å². The molecule has 0 bridgehead atoms. The Hall–Kier alpha value is -2.91. The second kappa shape index (κ2) is 11.7. The molecule has 188 valence electrons. The molecular weight excluding hydrogens is 490 g/mol. The first kappa shape index (κ1) is 28.3. The molecule has 3 aromatic carbocycles. The van der Waals surface area contributed by atoms with Crippen molar-refractivity contribution < 1.29 is 35.3 Å². The van der Waals surface area contributed by atoms with Crippen LogP contribution in [0.5, 0.6) is 0 Å². The predicted octanol–water partition coefficient (Wildman–Crippen LogP) is 8.03. The van der Waals surface area contributed by atoms with Gasteiger partial charge in [0.1, 0.15) is 0 Å². The average Bonchev–Trinajstić information content (AvgIpc) is 2.84. The molecule has 1 unspecified atom stereocenters. The zero-order valence-corrected chi connectivity index (χ0v) is 19.8. The van der Waals surface area contributed by atoms with Gasteiger partial charge in [-0.05, 0) is 23.3 Å². The van der Waals surface area contributed by atoms with Crippen LogP contribution in [0.2, 0.25) is 0 Å². The minimum absolute atomic E-state index is 0.0440. The Morgan fingerprint density at radius 2 is 1.23 bits per heavy atom. The van der Waals surface area contributed by atoms with Crippen LogP contribution in [0.15, 0.2) is 96.4 Å². The molecule has 3 aromatic rings. The van der Waals surface area contributed by atoms with Crippen molar-refractivity contribution >= 4 is 15.7 Å². The zero-order valence-electron chi connectivity index (χ0n) is 19.0. The average molecular weight is 515 g/mol. The van der Waals surface area contributed by atoms with Gasteiger partial charge in [-0.25, -0.2) is 4.21 Å². The van der Waals surface area contributed by atoms with E-state index in [-0.39, 0.29) is 16.0 Å². The van der Waals surface area contributed by atoms with Crippen LogP contribution in [-0.4, -0.2) is 16.6 Å². The molecule has 0 amide bonds. The topological polar surface area (TPSA) is 26.3 Å². The molecule has 35 heavy (non-hydrogen) atoms. The molecule has 0 fully saturated rings. The van der Waals surface area contributed by atoms with Crippen molar-refractivity contribution in [1.29, 1.82) is 0 Å². The molecule has 0 aliphatic carbocycles. The molecule has 0 aliphatic heterocycles. The minimum atomic E-state index is -5.80. The third-order valence-electron chi connectivity index (χ3n) is 4.89. The molecule has 1 atom stereocenters. The fourth-order valence-electron chi connectivity index (χ4n) is 3.19. The molecule has 0 radical (unpaired) electrons. The van der Waals surface area contributed by atoms with Gasteiger partial charge in [0.05, 0.1) is 17.4 Å². The Bertz CT molecular complexity index is 1090. The van der Waals surface area contributed by atoms with E-state index >= 15 is 0 Å². The van der Waals surface area contributed by atoms with E-state index in [2.05, 4.69) is 11.3 Å². The Balaban J connectivity index is 0.00000210. The van der Waals surface area contributed by atoms with Crippen LogP contribution in [0.3, 0.4) is 0 Å². The molecule has 0 saturated carbocycles. The molecule has 0 aliphatic rings. The van der Waals surface area contributed by atoms with Crippen molar-refractivity contribution in [3.05, 3.63) is 108 Å². The number of benzene rings is 3. The summed E-state index contributed by atoms with van der Waals surface area (Å²) in [5.74, 6) is 0. The van der Waals surface area contributed by atoms with Crippen molar-refractivity contribution in [2.45, 2.75) is 43.3 Å². The van der Waals surface area contributed by atoms with E-state index in [0.717, 1.165) is 12.1 Å². The summed E-state index contributed by atoms with van der Waals surface area (Å²) < 4.78 is 101. The van der Waals surface area contributed by atoms with Crippen LogP contribution >= 0.6 is 0 Å². The number of rotatable bonds is 7. The smallest absolute Gasteiger partial charge is 0.349 e. The standard InChI is InChI=1S/C24H18F6O2S.C2H6/c1-17(33(31)21-10-6-3-7-11-21)19-12-14-20(15-13-19)22(23(25,26)27,24(28,29)30)32-16-18-8-4-2-5-9-18;1-2/h2-15H,1,16H2;1-2H3. The summed E-state index contributed by atoms with van der Waals surface area (Å²) in [5.41, 5.74) is -5.39. The minimum Gasteiger partial charge on any atom is -0.349 e. The van der Waals surface area contributed by atoms with Crippen molar-refractivity contribution in [3.63, 3.8) is 0 Å². The molecular formula is C26H24F6O2S. The Morgan fingerprint density at radius 1 is 0.771 bits per heavy atom. The largest absolute Gasteiger partial charge is 0.430 e. The molecule has 3 rings (SSSR count). The van der Waals surface area contributed by atoms with Crippen LogP contribution in [0.1, 0.15) is 30.5 Å². The van der Waals surface area contributed by atoms with E-state index in [0.29, 0.717) is 17.0 Å². The monoisotopic (exact) mass is 514 g/mol. The van der Waals surface area contributed by atoms with Crippen LogP contribution in [0.4, 0.5) is 26.3 Å². The third-order valence-corrected chi connectivity index (χ3v) is 6.27. The van der Waals surface area contributed by atoms with Gasteiger partial charge in [0, 0.05) is 15.4 Å². The lowest BCUT2D eigenvalue weighted by Crippen LogP contribution is -2.55. The fourth-order valence-corrected chi connectivity index (χ4v) is 4.22. The zero-order chi connectivity index (χ0) is 26.3. The van der Waals surface area contributed by atoms with Gasteiger partial charge in [0.25, 0.3) is 5.60 Å². The van der Waals surface area contributed by atoms with E-state index in [1.807, 2.05) is 13.8 Å². The van der Waals surface area contributed by atoms with Gasteiger partial charge in [-0.15, -0.1) is 0 Å². The number of alkyl halides is 6. The second-order valence-corrected chi connectivity index (χ2v) is 8.53. The highest BCUT2D eigenvalue weighted by Gasteiger charge is 2.73. The van der Waals surface area contributed by atoms with Crippen molar-refractivity contribution in [2.24, 2.45) is 0 Å². The summed E-state index contributed by atoms with van der Waals surface area (Å²) in [7, 11) is -1.74. The van der Waals surface area contributed by atoms with Crippen LogP contribution < -0.4 is 0 Å². The summed E-state index contributed by atoms with van der Waals surface area (Å²) in [5, 5.41) is 0. The van der Waals surface area contributed by atoms with Gasteiger partial charge in [-0.2, -0.15) is 26.3 Å². The van der Waals surface area contributed by atoms with Crippen molar-refractivity contribution in [3.8, 4) is 0 Å². The van der Waals surface area contributed by atoms with Gasteiger partial charge >= 0.3 is 12.4 Å². The van der Waals surface area contributed by atoms with Crippen molar-refractivity contribution in [1.82, 2.24) is 0 Å². The quantitative estimate of drug-likeness (QED) is 0.299. The van der Waals surface area contributed by atoms with E-state index in [1.165, 1.54) is 24.3 Å². The third kappa shape index (κ3) is 6.21. The fraction of sp³-hybridized carbons (Fsp3) is 0.231. The van der Waals surface area contributed by atoms with Crippen molar-refractivity contribution in [2.75, 3.05) is 0 Å². The molecule has 0 saturated heterocycles. The van der Waals surface area contributed by atoms with Gasteiger partial charge in [0.15, 0.2) is 0 Å². The summed E-state index contributed by atoms with van der Waals surface area (Å²) in [4.78, 5) is 0.445. The number of halogens is 6.